The van der Waals surface area contributed by atoms with Crippen LogP contribution in [0.15, 0.2) is 91.4 Å². The van der Waals surface area contributed by atoms with E-state index in [-0.39, 0.29) is 5.41 Å². The van der Waals surface area contributed by atoms with Crippen LogP contribution in [0.4, 0.5) is 0 Å². The van der Waals surface area contributed by atoms with E-state index in [1.54, 1.807) is 0 Å². The molecule has 0 aliphatic carbocycles. The van der Waals surface area contributed by atoms with Gasteiger partial charge in [0.15, 0.2) is 0 Å². The zero-order valence-electron chi connectivity index (χ0n) is 19.4. The first kappa shape index (κ1) is 19.3. The maximum absolute atomic E-state index is 4.85. The molecule has 4 heteroatoms. The number of benzene rings is 3. The van der Waals surface area contributed by atoms with E-state index in [9.17, 15) is 0 Å². The van der Waals surface area contributed by atoms with Crippen LogP contribution in [0.25, 0.3) is 58.9 Å². The first-order chi connectivity index (χ1) is 17.1. The quantitative estimate of drug-likeness (QED) is 0.243. The molecule has 7 aromatic rings. The van der Waals surface area contributed by atoms with Gasteiger partial charge in [0.1, 0.15) is 0 Å². The third-order valence-corrected chi connectivity index (χ3v) is 8.86. The van der Waals surface area contributed by atoms with E-state index in [4.69, 9.17) is 4.98 Å². The highest BCUT2D eigenvalue weighted by molar-refractivity contribution is 7.25. The van der Waals surface area contributed by atoms with Crippen LogP contribution in [-0.2, 0) is 5.41 Å². The Hall–Kier alpha value is -4.02. The van der Waals surface area contributed by atoms with Gasteiger partial charge in [-0.25, -0.2) is 0 Å². The van der Waals surface area contributed by atoms with Crippen molar-refractivity contribution in [2.45, 2.75) is 19.3 Å². The summed E-state index contributed by atoms with van der Waals surface area (Å²) in [6, 6.07) is 26.7. The summed E-state index contributed by atoms with van der Waals surface area (Å²) in [6.07, 6.45) is 5.82. The highest BCUT2D eigenvalue weighted by atomic mass is 32.1. The molecule has 3 nitrogen and oxygen atoms in total. The Morgan fingerprint density at radius 1 is 0.743 bits per heavy atom. The lowest BCUT2D eigenvalue weighted by Gasteiger charge is -2.34. The smallest absolute Gasteiger partial charge is 0.0963 e. The van der Waals surface area contributed by atoms with E-state index in [1.807, 2.05) is 36.0 Å². The molecule has 0 saturated carbocycles. The maximum Gasteiger partial charge on any atom is 0.0963 e. The number of fused-ring (bicyclic) bond motifs is 8. The van der Waals surface area contributed by atoms with Gasteiger partial charge in [0.2, 0.25) is 0 Å². The Labute approximate surface area is 206 Å². The standard InChI is InChI=1S/C31H21N3S/c1-31(2)23-16-19(18-9-10-28-21(14-18)20-6-3-4-8-27(20)35-28)15-22-29-26(7-5-12-33-29)34(30(22)23)25-11-13-32-17-24(25)31/h3-17H,1-2H3. The fourth-order valence-corrected chi connectivity index (χ4v) is 7.06. The van der Waals surface area contributed by atoms with Gasteiger partial charge in [-0.15, -0.1) is 11.3 Å². The molecule has 0 amide bonds. The highest BCUT2D eigenvalue weighted by Crippen LogP contribution is 2.48. The van der Waals surface area contributed by atoms with Gasteiger partial charge in [0.05, 0.1) is 22.2 Å². The van der Waals surface area contributed by atoms with Gasteiger partial charge in [0, 0.05) is 55.1 Å². The average Bonchev–Trinajstić information content (AvgIpc) is 3.43. The van der Waals surface area contributed by atoms with Crippen molar-refractivity contribution >= 4 is 53.4 Å². The fourth-order valence-electron chi connectivity index (χ4n) is 5.97. The Bertz CT molecular complexity index is 1990. The molecular formula is C31H21N3S. The SMILES string of the molecule is CC1(C)c2cnccc2-n2c3cccnc3c3cc(-c4ccc5sc6ccccc6c5c4)cc1c32. The van der Waals surface area contributed by atoms with Crippen molar-refractivity contribution in [3.05, 3.63) is 103 Å². The second-order valence-electron chi connectivity index (χ2n) is 9.95. The zero-order valence-corrected chi connectivity index (χ0v) is 20.2. The highest BCUT2D eigenvalue weighted by Gasteiger charge is 2.36. The van der Waals surface area contributed by atoms with Gasteiger partial charge < -0.3 is 4.57 Å². The topological polar surface area (TPSA) is 30.7 Å². The summed E-state index contributed by atoms with van der Waals surface area (Å²) in [4.78, 5) is 9.36. The molecule has 0 fully saturated rings. The minimum atomic E-state index is -0.179. The van der Waals surface area contributed by atoms with Crippen molar-refractivity contribution in [3.63, 3.8) is 0 Å². The molecule has 4 aromatic heterocycles. The summed E-state index contributed by atoms with van der Waals surface area (Å²) in [6.45, 7) is 4.63. The summed E-state index contributed by atoms with van der Waals surface area (Å²) < 4.78 is 5.05. The molecule has 0 atom stereocenters. The van der Waals surface area contributed by atoms with E-state index >= 15 is 0 Å². The number of hydrogen-bond acceptors (Lipinski definition) is 3. The molecule has 1 aliphatic heterocycles. The Kier molecular flexibility index (Phi) is 3.61. The minimum Gasteiger partial charge on any atom is -0.307 e. The lowest BCUT2D eigenvalue weighted by Crippen LogP contribution is -2.26. The normalized spacial score (nSPS) is 14.2. The summed E-state index contributed by atoms with van der Waals surface area (Å²) >= 11 is 1.86. The van der Waals surface area contributed by atoms with Crippen molar-refractivity contribution in [1.82, 2.24) is 14.5 Å². The molecule has 0 spiro atoms. The van der Waals surface area contributed by atoms with Crippen molar-refractivity contribution in [1.29, 1.82) is 0 Å². The molecule has 166 valence electrons. The van der Waals surface area contributed by atoms with Gasteiger partial charge in [-0.2, -0.15) is 0 Å². The summed E-state index contributed by atoms with van der Waals surface area (Å²) in [5, 5.41) is 3.86. The van der Waals surface area contributed by atoms with Crippen LogP contribution in [0.3, 0.4) is 0 Å². The number of rotatable bonds is 1. The second kappa shape index (κ2) is 6.55. The van der Waals surface area contributed by atoms with Crippen LogP contribution in [0.5, 0.6) is 0 Å². The van der Waals surface area contributed by atoms with Crippen LogP contribution in [-0.4, -0.2) is 14.5 Å². The minimum absolute atomic E-state index is 0.179. The van der Waals surface area contributed by atoms with E-state index in [0.717, 1.165) is 11.0 Å². The second-order valence-corrected chi connectivity index (χ2v) is 11.0. The monoisotopic (exact) mass is 467 g/mol. The molecule has 0 unspecified atom stereocenters. The third-order valence-electron chi connectivity index (χ3n) is 7.71. The molecule has 35 heavy (non-hydrogen) atoms. The number of aromatic nitrogens is 3. The lowest BCUT2D eigenvalue weighted by molar-refractivity contribution is 0.627. The first-order valence-corrected chi connectivity index (χ1v) is 12.7. The Balaban J connectivity index is 1.50. The van der Waals surface area contributed by atoms with Crippen LogP contribution >= 0.6 is 11.3 Å². The average molecular weight is 468 g/mol. The largest absolute Gasteiger partial charge is 0.307 e. The molecule has 5 heterocycles. The van der Waals surface area contributed by atoms with Gasteiger partial charge >= 0.3 is 0 Å². The lowest BCUT2D eigenvalue weighted by atomic mass is 9.74. The molecule has 8 rings (SSSR count). The maximum atomic E-state index is 4.85. The molecule has 0 saturated heterocycles. The van der Waals surface area contributed by atoms with Crippen LogP contribution in [0, 0.1) is 0 Å². The number of nitrogens with zero attached hydrogens (tertiary/aromatic N) is 3. The summed E-state index contributed by atoms with van der Waals surface area (Å²) in [7, 11) is 0. The Morgan fingerprint density at radius 2 is 1.60 bits per heavy atom. The fraction of sp³-hybridized carbons (Fsp3) is 0.0968. The van der Waals surface area contributed by atoms with Crippen LogP contribution in [0.1, 0.15) is 25.0 Å². The molecular weight excluding hydrogens is 446 g/mol. The van der Waals surface area contributed by atoms with Crippen molar-refractivity contribution in [2.75, 3.05) is 0 Å². The van der Waals surface area contributed by atoms with Gasteiger partial charge in [-0.05, 0) is 65.2 Å². The summed E-state index contributed by atoms with van der Waals surface area (Å²) in [5.41, 5.74) is 9.50. The predicted octanol–water partition coefficient (Wildman–Crippen LogP) is 8.25. The van der Waals surface area contributed by atoms with Gasteiger partial charge in [-0.1, -0.05) is 38.1 Å². The molecule has 0 N–H and O–H groups in total. The number of hydrogen-bond donors (Lipinski definition) is 0. The van der Waals surface area contributed by atoms with Crippen molar-refractivity contribution < 1.29 is 0 Å². The number of pyridine rings is 2. The summed E-state index contributed by atoms with van der Waals surface area (Å²) in [5.74, 6) is 0. The first-order valence-electron chi connectivity index (χ1n) is 11.9. The number of thiophene rings is 1. The molecule has 0 bridgehead atoms. The van der Waals surface area contributed by atoms with E-state index in [0.29, 0.717) is 0 Å². The zero-order chi connectivity index (χ0) is 23.3. The molecule has 0 radical (unpaired) electrons. The molecule has 3 aromatic carbocycles. The van der Waals surface area contributed by atoms with Crippen LogP contribution in [0.2, 0.25) is 0 Å². The third kappa shape index (κ3) is 2.44. The Morgan fingerprint density at radius 3 is 2.54 bits per heavy atom. The van der Waals surface area contributed by atoms with Crippen molar-refractivity contribution in [3.8, 4) is 16.8 Å². The van der Waals surface area contributed by atoms with E-state index in [2.05, 4.69) is 90.1 Å². The van der Waals surface area contributed by atoms with Crippen LogP contribution < -0.4 is 0 Å². The van der Waals surface area contributed by atoms with E-state index < -0.39 is 0 Å². The predicted molar refractivity (Wildman–Crippen MR) is 147 cm³/mol. The molecule has 1 aliphatic rings. The van der Waals surface area contributed by atoms with Gasteiger partial charge in [0.25, 0.3) is 0 Å². The van der Waals surface area contributed by atoms with E-state index in [1.165, 1.54) is 59.0 Å². The van der Waals surface area contributed by atoms with Crippen molar-refractivity contribution in [2.24, 2.45) is 0 Å². The van der Waals surface area contributed by atoms with Gasteiger partial charge in [-0.3, -0.25) is 9.97 Å².